The van der Waals surface area contributed by atoms with Crippen LogP contribution in [0.25, 0.3) is 0 Å². The smallest absolute Gasteiger partial charge is 0.438 e. The first-order valence-corrected chi connectivity index (χ1v) is 9.40. The Balaban J connectivity index is 1.88. The Morgan fingerprint density at radius 3 is 2.20 bits per heavy atom. The van der Waals surface area contributed by atoms with Crippen LogP contribution in [0.1, 0.15) is 34.2 Å². The standard InChI is InChI=1S/C22H23F3N2O3/c1-13-5-7-17(8-6-13)18-11-21(29,22(23,24)25)27(26-18)19(28)12-30-20-15(3)9-14(2)10-16(20)4/h5-10,29H,11-12H2,1-4H3/t21-/m1/s1. The zero-order valence-corrected chi connectivity index (χ0v) is 17.2. The van der Waals surface area contributed by atoms with Crippen LogP contribution in [-0.4, -0.2) is 40.2 Å². The van der Waals surface area contributed by atoms with Gasteiger partial charge in [-0.15, -0.1) is 0 Å². The molecule has 2 aromatic carbocycles. The molecule has 1 amide bonds. The van der Waals surface area contributed by atoms with Crippen molar-refractivity contribution in [3.63, 3.8) is 0 Å². The molecule has 1 aliphatic heterocycles. The highest BCUT2D eigenvalue weighted by atomic mass is 19.4. The van der Waals surface area contributed by atoms with Gasteiger partial charge in [-0.2, -0.15) is 23.3 Å². The predicted molar refractivity (Wildman–Crippen MR) is 106 cm³/mol. The summed E-state index contributed by atoms with van der Waals surface area (Å²) < 4.78 is 46.6. The maximum atomic E-state index is 13.7. The van der Waals surface area contributed by atoms with Crippen LogP contribution in [0.15, 0.2) is 41.5 Å². The summed E-state index contributed by atoms with van der Waals surface area (Å²) in [5, 5.41) is 14.3. The van der Waals surface area contributed by atoms with E-state index in [1.165, 1.54) is 0 Å². The number of aliphatic hydroxyl groups is 1. The van der Waals surface area contributed by atoms with Crippen molar-refractivity contribution >= 4 is 11.6 Å². The summed E-state index contributed by atoms with van der Waals surface area (Å²) in [6, 6.07) is 10.4. The molecule has 0 radical (unpaired) electrons. The molecule has 1 N–H and O–H groups in total. The van der Waals surface area contributed by atoms with E-state index in [0.29, 0.717) is 11.3 Å². The molecule has 0 saturated carbocycles. The van der Waals surface area contributed by atoms with Gasteiger partial charge in [0.15, 0.2) is 6.61 Å². The van der Waals surface area contributed by atoms with Gasteiger partial charge in [-0.1, -0.05) is 47.5 Å². The maximum absolute atomic E-state index is 13.7. The number of aryl methyl sites for hydroxylation is 4. The number of carbonyl (C=O) groups is 1. The van der Waals surface area contributed by atoms with Crippen molar-refractivity contribution in [3.05, 3.63) is 64.2 Å². The molecule has 0 unspecified atom stereocenters. The first kappa shape index (κ1) is 21.8. The monoisotopic (exact) mass is 420 g/mol. The molecular weight excluding hydrogens is 397 g/mol. The number of benzene rings is 2. The normalized spacial score (nSPS) is 19.1. The second-order valence-electron chi connectivity index (χ2n) is 7.63. The Morgan fingerprint density at radius 2 is 1.67 bits per heavy atom. The Labute approximate surface area is 172 Å². The van der Waals surface area contributed by atoms with E-state index < -0.39 is 30.8 Å². The van der Waals surface area contributed by atoms with Crippen LogP contribution in [0.4, 0.5) is 13.2 Å². The highest BCUT2D eigenvalue weighted by molar-refractivity contribution is 6.03. The Hall–Kier alpha value is -2.87. The third-order valence-electron chi connectivity index (χ3n) is 5.00. The minimum atomic E-state index is -5.09. The van der Waals surface area contributed by atoms with E-state index in [1.807, 2.05) is 26.0 Å². The second-order valence-corrected chi connectivity index (χ2v) is 7.63. The molecule has 30 heavy (non-hydrogen) atoms. The first-order valence-electron chi connectivity index (χ1n) is 9.40. The van der Waals surface area contributed by atoms with Crippen molar-refractivity contribution in [1.82, 2.24) is 5.01 Å². The molecule has 0 saturated heterocycles. The lowest BCUT2D eigenvalue weighted by atomic mass is 10.00. The lowest BCUT2D eigenvalue weighted by Gasteiger charge is -2.32. The average Bonchev–Trinajstić information content (AvgIpc) is 3.00. The third kappa shape index (κ3) is 4.05. The highest BCUT2D eigenvalue weighted by Crippen LogP contribution is 2.41. The van der Waals surface area contributed by atoms with Gasteiger partial charge in [-0.25, -0.2) is 0 Å². The molecule has 5 nitrogen and oxygen atoms in total. The highest BCUT2D eigenvalue weighted by Gasteiger charge is 2.63. The summed E-state index contributed by atoms with van der Waals surface area (Å²) >= 11 is 0. The minimum absolute atomic E-state index is 0.0223. The van der Waals surface area contributed by atoms with E-state index in [1.54, 1.807) is 38.1 Å². The first-order chi connectivity index (χ1) is 13.9. The number of hydrogen-bond acceptors (Lipinski definition) is 4. The van der Waals surface area contributed by atoms with E-state index >= 15 is 0 Å². The van der Waals surface area contributed by atoms with E-state index in [-0.39, 0.29) is 10.7 Å². The van der Waals surface area contributed by atoms with Gasteiger partial charge in [-0.3, -0.25) is 4.79 Å². The number of amides is 1. The van der Waals surface area contributed by atoms with E-state index in [0.717, 1.165) is 22.3 Å². The molecule has 0 fully saturated rings. The van der Waals surface area contributed by atoms with Gasteiger partial charge in [0.1, 0.15) is 5.75 Å². The van der Waals surface area contributed by atoms with Crippen molar-refractivity contribution in [2.45, 2.75) is 46.0 Å². The molecule has 0 spiro atoms. The fourth-order valence-electron chi connectivity index (χ4n) is 3.52. The molecule has 160 valence electrons. The molecule has 8 heteroatoms. The number of hydrazone groups is 1. The van der Waals surface area contributed by atoms with E-state index in [4.69, 9.17) is 4.74 Å². The van der Waals surface area contributed by atoms with Crippen LogP contribution >= 0.6 is 0 Å². The number of halogens is 3. The number of rotatable bonds is 4. The molecule has 1 atom stereocenters. The molecule has 0 aromatic heterocycles. The minimum Gasteiger partial charge on any atom is -0.483 e. The molecule has 3 rings (SSSR count). The zero-order chi connectivity index (χ0) is 22.3. The SMILES string of the molecule is Cc1ccc(C2=NN(C(=O)COc3c(C)cc(C)cc3C)[C@](O)(C(F)(F)F)C2)cc1. The number of carbonyl (C=O) groups excluding carboxylic acids is 1. The van der Waals surface area contributed by atoms with E-state index in [2.05, 4.69) is 5.10 Å². The Morgan fingerprint density at radius 1 is 1.10 bits per heavy atom. The topological polar surface area (TPSA) is 62.1 Å². The summed E-state index contributed by atoms with van der Waals surface area (Å²) in [7, 11) is 0. The van der Waals surface area contributed by atoms with Gasteiger partial charge in [-0.05, 0) is 44.4 Å². The van der Waals surface area contributed by atoms with E-state index in [9.17, 15) is 23.1 Å². The molecule has 2 aromatic rings. The second kappa shape index (κ2) is 7.75. The number of nitrogens with zero attached hydrogens (tertiary/aromatic N) is 2. The number of ether oxygens (including phenoxy) is 1. The van der Waals surface area contributed by atoms with Crippen molar-refractivity contribution in [2.75, 3.05) is 6.61 Å². The van der Waals surface area contributed by atoms with Crippen LogP contribution in [0.2, 0.25) is 0 Å². The summed E-state index contributed by atoms with van der Waals surface area (Å²) in [4.78, 5) is 12.6. The number of hydrogen-bond donors (Lipinski definition) is 1. The van der Waals surface area contributed by atoms with Crippen molar-refractivity contribution < 1.29 is 27.8 Å². The van der Waals surface area contributed by atoms with Crippen LogP contribution < -0.4 is 4.74 Å². The van der Waals surface area contributed by atoms with Gasteiger partial charge in [0, 0.05) is 0 Å². The van der Waals surface area contributed by atoms with Crippen molar-refractivity contribution in [2.24, 2.45) is 5.10 Å². The van der Waals surface area contributed by atoms with Crippen LogP contribution in [0, 0.1) is 27.7 Å². The summed E-state index contributed by atoms with van der Waals surface area (Å²) in [5.74, 6) is -0.664. The summed E-state index contributed by atoms with van der Waals surface area (Å²) in [6.45, 7) is 6.64. The van der Waals surface area contributed by atoms with Crippen LogP contribution in [0.3, 0.4) is 0 Å². The van der Waals surface area contributed by atoms with Crippen LogP contribution in [0.5, 0.6) is 5.75 Å². The fraction of sp³-hybridized carbons (Fsp3) is 0.364. The summed E-state index contributed by atoms with van der Waals surface area (Å²) in [5.41, 5.74) is 0.407. The van der Waals surface area contributed by atoms with Gasteiger partial charge in [0.2, 0.25) is 0 Å². The van der Waals surface area contributed by atoms with Gasteiger partial charge >= 0.3 is 6.18 Å². The summed E-state index contributed by atoms with van der Waals surface area (Å²) in [6.07, 6.45) is -5.94. The van der Waals surface area contributed by atoms with Gasteiger partial charge < -0.3 is 9.84 Å². The van der Waals surface area contributed by atoms with Gasteiger partial charge in [0.25, 0.3) is 11.6 Å². The Bertz CT molecular complexity index is 977. The lowest BCUT2D eigenvalue weighted by molar-refractivity contribution is -0.302. The molecule has 1 heterocycles. The van der Waals surface area contributed by atoms with Crippen molar-refractivity contribution in [1.29, 1.82) is 0 Å². The molecular formula is C22H23F3N2O3. The Kier molecular flexibility index (Phi) is 5.64. The predicted octanol–water partition coefficient (Wildman–Crippen LogP) is 4.19. The molecule has 0 bridgehead atoms. The number of alkyl halides is 3. The third-order valence-corrected chi connectivity index (χ3v) is 5.00. The van der Waals surface area contributed by atoms with Gasteiger partial charge in [0.05, 0.1) is 12.1 Å². The zero-order valence-electron chi connectivity index (χ0n) is 17.2. The molecule has 0 aliphatic carbocycles. The van der Waals surface area contributed by atoms with Crippen molar-refractivity contribution in [3.8, 4) is 5.75 Å². The molecule has 1 aliphatic rings. The maximum Gasteiger partial charge on any atom is 0.438 e. The average molecular weight is 420 g/mol. The van der Waals surface area contributed by atoms with Crippen LogP contribution in [-0.2, 0) is 4.79 Å². The fourth-order valence-corrected chi connectivity index (χ4v) is 3.52. The quantitative estimate of drug-likeness (QED) is 0.807. The largest absolute Gasteiger partial charge is 0.483 e. The lowest BCUT2D eigenvalue weighted by Crippen LogP contribution is -2.57.